The minimum Gasteiger partial charge on any atom is -0.377 e. The number of halogens is 1. The summed E-state index contributed by atoms with van der Waals surface area (Å²) in [6.07, 6.45) is 1.13. The van der Waals surface area contributed by atoms with Gasteiger partial charge >= 0.3 is 0 Å². The van der Waals surface area contributed by atoms with Gasteiger partial charge in [-0.3, -0.25) is 4.90 Å². The van der Waals surface area contributed by atoms with Crippen LogP contribution < -0.4 is 0 Å². The fourth-order valence-electron chi connectivity index (χ4n) is 2.00. The molecule has 0 aromatic heterocycles. The molecule has 0 aromatic carbocycles. The molecule has 0 saturated carbocycles. The van der Waals surface area contributed by atoms with Crippen LogP contribution in [0.15, 0.2) is 0 Å². The van der Waals surface area contributed by atoms with Gasteiger partial charge in [-0.2, -0.15) is 0 Å². The fraction of sp³-hybridized carbons (Fsp3) is 1.00. The molecule has 0 unspecified atom stereocenters. The van der Waals surface area contributed by atoms with Crippen LogP contribution >= 0.6 is 0 Å². The van der Waals surface area contributed by atoms with Gasteiger partial charge in [0.1, 0.15) is 6.17 Å². The lowest BCUT2D eigenvalue weighted by atomic mass is 9.94. The zero-order valence-corrected chi connectivity index (χ0v) is 7.55. The number of rotatable bonds is 1. The quantitative estimate of drug-likeness (QED) is 0.591. The largest absolute Gasteiger partial charge is 0.377 e. The van der Waals surface area contributed by atoms with Crippen molar-refractivity contribution in [2.24, 2.45) is 0 Å². The summed E-state index contributed by atoms with van der Waals surface area (Å²) >= 11 is 0. The second-order valence-corrected chi connectivity index (χ2v) is 4.18. The molecular weight excluding hydrogens is 157 g/mol. The number of nitrogens with zero attached hydrogens (tertiary/aromatic N) is 1. The highest BCUT2D eigenvalue weighted by Gasteiger charge is 2.41. The lowest BCUT2D eigenvalue weighted by Crippen LogP contribution is -2.62. The van der Waals surface area contributed by atoms with E-state index in [0.717, 1.165) is 32.6 Å². The first-order valence-corrected chi connectivity index (χ1v) is 4.68. The Morgan fingerprint density at radius 1 is 1.50 bits per heavy atom. The maximum absolute atomic E-state index is 13.0. The van der Waals surface area contributed by atoms with Crippen molar-refractivity contribution in [1.82, 2.24) is 4.90 Å². The Morgan fingerprint density at radius 3 is 2.75 bits per heavy atom. The van der Waals surface area contributed by atoms with Crippen molar-refractivity contribution in [3.05, 3.63) is 0 Å². The molecule has 0 spiro atoms. The van der Waals surface area contributed by atoms with E-state index in [1.807, 2.05) is 0 Å². The Bertz CT molecular complexity index is 170. The highest BCUT2D eigenvalue weighted by Crippen LogP contribution is 2.28. The number of likely N-dealkylation sites (tertiary alicyclic amines) is 1. The summed E-state index contributed by atoms with van der Waals surface area (Å²) in [5.74, 6) is 0. The molecule has 3 heteroatoms. The van der Waals surface area contributed by atoms with E-state index >= 15 is 0 Å². The summed E-state index contributed by atoms with van der Waals surface area (Å²) in [4.78, 5) is 2.24. The average Bonchev–Trinajstić information content (AvgIpc) is 2.00. The predicted molar refractivity (Wildman–Crippen MR) is 44.9 cm³/mol. The molecule has 2 rings (SSSR count). The molecule has 2 aliphatic rings. The Hall–Kier alpha value is -0.150. The van der Waals surface area contributed by atoms with E-state index in [9.17, 15) is 4.39 Å². The number of hydrogen-bond donors (Lipinski definition) is 0. The van der Waals surface area contributed by atoms with Gasteiger partial charge in [-0.25, -0.2) is 4.39 Å². The van der Waals surface area contributed by atoms with E-state index in [0.29, 0.717) is 6.54 Å². The zero-order valence-electron chi connectivity index (χ0n) is 7.55. The SMILES string of the molecule is CC1(N2CCC[C@@H](F)C2)COC1. The number of ether oxygens (including phenoxy) is 1. The van der Waals surface area contributed by atoms with Crippen molar-refractivity contribution < 1.29 is 9.13 Å². The molecule has 2 nitrogen and oxygen atoms in total. The monoisotopic (exact) mass is 173 g/mol. The van der Waals surface area contributed by atoms with Crippen molar-refractivity contribution in [1.29, 1.82) is 0 Å². The highest BCUT2D eigenvalue weighted by molar-refractivity contribution is 4.94. The van der Waals surface area contributed by atoms with Gasteiger partial charge in [-0.05, 0) is 26.3 Å². The zero-order chi connectivity index (χ0) is 8.60. The summed E-state index contributed by atoms with van der Waals surface area (Å²) in [7, 11) is 0. The molecule has 0 N–H and O–H groups in total. The van der Waals surface area contributed by atoms with Crippen LogP contribution in [0.1, 0.15) is 19.8 Å². The van der Waals surface area contributed by atoms with Gasteiger partial charge in [-0.15, -0.1) is 0 Å². The van der Waals surface area contributed by atoms with Gasteiger partial charge in [-0.1, -0.05) is 0 Å². The molecule has 2 saturated heterocycles. The van der Waals surface area contributed by atoms with Crippen molar-refractivity contribution >= 4 is 0 Å². The molecule has 2 aliphatic heterocycles. The van der Waals surface area contributed by atoms with Crippen LogP contribution in [0.25, 0.3) is 0 Å². The van der Waals surface area contributed by atoms with E-state index in [4.69, 9.17) is 4.74 Å². The summed E-state index contributed by atoms with van der Waals surface area (Å²) in [5, 5.41) is 0. The maximum atomic E-state index is 13.0. The first-order chi connectivity index (χ1) is 5.71. The molecular formula is C9H16FNO. The highest BCUT2D eigenvalue weighted by atomic mass is 19.1. The second-order valence-electron chi connectivity index (χ2n) is 4.18. The molecule has 0 aromatic rings. The number of hydrogen-bond acceptors (Lipinski definition) is 2. The van der Waals surface area contributed by atoms with Crippen molar-refractivity contribution in [3.8, 4) is 0 Å². The minimum absolute atomic E-state index is 0.144. The predicted octanol–water partition coefficient (Wildman–Crippen LogP) is 1.21. The van der Waals surface area contributed by atoms with Gasteiger partial charge < -0.3 is 4.74 Å². The third kappa shape index (κ3) is 1.36. The smallest absolute Gasteiger partial charge is 0.113 e. The average molecular weight is 173 g/mol. The van der Waals surface area contributed by atoms with E-state index in [1.165, 1.54) is 0 Å². The molecule has 12 heavy (non-hydrogen) atoms. The fourth-order valence-corrected chi connectivity index (χ4v) is 2.00. The van der Waals surface area contributed by atoms with Gasteiger partial charge in [0.15, 0.2) is 0 Å². The van der Waals surface area contributed by atoms with Crippen molar-refractivity contribution in [3.63, 3.8) is 0 Å². The Morgan fingerprint density at radius 2 is 2.25 bits per heavy atom. The molecule has 2 fully saturated rings. The molecule has 70 valence electrons. The molecule has 1 atom stereocenters. The maximum Gasteiger partial charge on any atom is 0.113 e. The van der Waals surface area contributed by atoms with Crippen LogP contribution in [0.3, 0.4) is 0 Å². The third-order valence-electron chi connectivity index (χ3n) is 2.95. The third-order valence-corrected chi connectivity index (χ3v) is 2.95. The van der Waals surface area contributed by atoms with Crippen LogP contribution in [0.2, 0.25) is 0 Å². The second kappa shape index (κ2) is 2.96. The van der Waals surface area contributed by atoms with Gasteiger partial charge in [0.25, 0.3) is 0 Å². The first-order valence-electron chi connectivity index (χ1n) is 4.68. The normalized spacial score (nSPS) is 36.0. The van der Waals surface area contributed by atoms with Gasteiger partial charge in [0.05, 0.1) is 18.8 Å². The van der Waals surface area contributed by atoms with E-state index in [1.54, 1.807) is 0 Å². The Balaban J connectivity index is 1.94. The minimum atomic E-state index is -0.615. The lowest BCUT2D eigenvalue weighted by Gasteiger charge is -2.49. The molecule has 0 aliphatic carbocycles. The standard InChI is InChI=1S/C9H16FNO/c1-9(6-12-7-9)11-4-2-3-8(10)5-11/h8H,2-7H2,1H3/t8-/m1/s1. The van der Waals surface area contributed by atoms with Crippen molar-refractivity contribution in [2.75, 3.05) is 26.3 Å². The van der Waals surface area contributed by atoms with Crippen LogP contribution in [0.5, 0.6) is 0 Å². The van der Waals surface area contributed by atoms with Gasteiger partial charge in [0.2, 0.25) is 0 Å². The van der Waals surface area contributed by atoms with Crippen molar-refractivity contribution in [2.45, 2.75) is 31.5 Å². The molecule has 2 heterocycles. The molecule has 0 bridgehead atoms. The molecule has 0 amide bonds. The molecule has 0 radical (unpaired) electrons. The first kappa shape index (κ1) is 8.45. The Labute approximate surface area is 72.7 Å². The van der Waals surface area contributed by atoms with E-state index in [-0.39, 0.29) is 5.54 Å². The number of piperidine rings is 1. The van der Waals surface area contributed by atoms with E-state index in [2.05, 4.69) is 11.8 Å². The topological polar surface area (TPSA) is 12.5 Å². The van der Waals surface area contributed by atoms with Gasteiger partial charge in [0, 0.05) is 6.54 Å². The van der Waals surface area contributed by atoms with Crippen LogP contribution in [0, 0.1) is 0 Å². The van der Waals surface area contributed by atoms with Crippen LogP contribution in [0.4, 0.5) is 4.39 Å². The summed E-state index contributed by atoms with van der Waals surface area (Å²) < 4.78 is 18.2. The Kier molecular flexibility index (Phi) is 2.09. The number of alkyl halides is 1. The summed E-state index contributed by atoms with van der Waals surface area (Å²) in [5.41, 5.74) is 0.144. The van der Waals surface area contributed by atoms with Crippen LogP contribution in [-0.4, -0.2) is 42.9 Å². The summed E-state index contributed by atoms with van der Waals surface area (Å²) in [6.45, 7) is 5.37. The summed E-state index contributed by atoms with van der Waals surface area (Å²) in [6, 6.07) is 0. The van der Waals surface area contributed by atoms with E-state index < -0.39 is 6.17 Å². The van der Waals surface area contributed by atoms with Crippen LogP contribution in [-0.2, 0) is 4.74 Å². The lowest BCUT2D eigenvalue weighted by molar-refractivity contribution is -0.141.